The van der Waals surface area contributed by atoms with E-state index >= 15 is 0 Å². The zero-order chi connectivity index (χ0) is 39.8. The molecule has 9 heteroatoms. The third kappa shape index (κ3) is 62.5. The molecule has 0 amide bonds. The molecule has 4 nitrogen and oxygen atoms in total. The monoisotopic (exact) mass is 1010 g/mol. The van der Waals surface area contributed by atoms with Crippen LogP contribution in [0.25, 0.3) is 0 Å². The normalized spacial score (nSPS) is 11.5. The molecule has 312 valence electrons. The Bertz CT molecular complexity index is 681. The molecule has 0 bridgehead atoms. The van der Waals surface area contributed by atoms with Gasteiger partial charge in [-0.25, -0.2) is 0 Å². The maximum Gasteiger partial charge on any atom is -2.00 e. The summed E-state index contributed by atoms with van der Waals surface area (Å²) in [6, 6.07) is 0. The summed E-state index contributed by atoms with van der Waals surface area (Å²) in [7, 11) is 0. The molecule has 0 aliphatic rings. The minimum Gasteiger partial charge on any atom is -2.00 e. The first-order valence-electron chi connectivity index (χ1n) is 21.4. The van der Waals surface area contributed by atoms with Crippen molar-refractivity contribution < 1.29 is 19.8 Å². The van der Waals surface area contributed by atoms with Gasteiger partial charge in [-0.3, -0.25) is 0 Å². The van der Waals surface area contributed by atoms with Crippen LogP contribution in [-0.4, -0.2) is 65.7 Å². The molecule has 2 unspecified atom stereocenters. The van der Waals surface area contributed by atoms with Crippen LogP contribution in [0, 0.1) is 11.8 Å². The Morgan fingerprint density at radius 1 is 0.453 bits per heavy atom. The van der Waals surface area contributed by atoms with E-state index in [4.69, 9.17) is 0 Å². The van der Waals surface area contributed by atoms with Gasteiger partial charge in [0.05, 0.1) is 0 Å². The first-order valence-corrected chi connectivity index (χ1v) is 34.1. The molecule has 0 aliphatic carbocycles. The summed E-state index contributed by atoms with van der Waals surface area (Å²) < 4.78 is 0. The fraction of sp³-hybridized carbons (Fsp3) is 0.864. The van der Waals surface area contributed by atoms with E-state index in [1.165, 1.54) is 116 Å². The van der Waals surface area contributed by atoms with Crippen LogP contribution >= 0.6 is 25.3 Å². The molecule has 0 N–H and O–H groups in total. The Morgan fingerprint density at radius 3 is 0.906 bits per heavy atom. The summed E-state index contributed by atoms with van der Waals surface area (Å²) in [4.78, 5) is 31.0. The zero-order valence-electron chi connectivity index (χ0n) is 35.6. The Kier molecular flexibility index (Phi) is 71.3. The van der Waals surface area contributed by atoms with E-state index in [2.05, 4.69) is 83.2 Å². The second-order valence-corrected chi connectivity index (χ2v) is 20.7. The Labute approximate surface area is 370 Å². The van der Waals surface area contributed by atoms with Crippen molar-refractivity contribution in [1.29, 1.82) is 0 Å². The first-order chi connectivity index (χ1) is 25.3. The number of carbonyl (C=O) groups excluding carboxylic acids is 2. The van der Waals surface area contributed by atoms with Crippen LogP contribution in [0.4, 0.5) is 0 Å². The number of carboxylic acid groups (broad SMARTS) is 2. The number of hydrogen-bond donors (Lipinski definition) is 2. The summed E-state index contributed by atoms with van der Waals surface area (Å²) in [6.45, 7) is 4.51. The fourth-order valence-corrected chi connectivity index (χ4v) is 6.26. The van der Waals surface area contributed by atoms with Gasteiger partial charge >= 0.3 is 62.0 Å². The zero-order valence-corrected chi connectivity index (χ0v) is 43.9. The van der Waals surface area contributed by atoms with Crippen LogP contribution < -0.4 is 10.2 Å². The van der Waals surface area contributed by atoms with Crippen molar-refractivity contribution in [3.05, 3.63) is 24.3 Å². The largest absolute Gasteiger partial charge is 2.00 e. The van der Waals surface area contributed by atoms with Gasteiger partial charge in [-0.15, -0.1) is 0 Å². The molecule has 0 saturated heterocycles. The van der Waals surface area contributed by atoms with E-state index in [0.29, 0.717) is 24.3 Å². The van der Waals surface area contributed by atoms with Crippen molar-refractivity contribution in [3.8, 4) is 0 Å². The van der Waals surface area contributed by atoms with Gasteiger partial charge in [0.2, 0.25) is 0 Å². The van der Waals surface area contributed by atoms with Crippen molar-refractivity contribution in [2.24, 2.45) is 11.8 Å². The topological polar surface area (TPSA) is 80.3 Å². The predicted molar refractivity (Wildman–Crippen MR) is 246 cm³/mol. The molecule has 0 radical (unpaired) electrons. The number of unbranched alkanes of at least 4 members (excludes halogenated alkanes) is 20. The number of carbonyl (C=O) groups is 2. The Balaban J connectivity index is -0.000000247. The third-order valence-electron chi connectivity index (χ3n) is 8.75. The average molecular weight is 1010 g/mol. The first kappa shape index (κ1) is 63.2. The van der Waals surface area contributed by atoms with E-state index in [1.807, 2.05) is 0 Å². The van der Waals surface area contributed by atoms with Crippen LogP contribution in [0.3, 0.4) is 0 Å². The maximum absolute atomic E-state index is 10.9. The molecule has 2 atom stereocenters. The number of carboxylic acids is 2. The molecule has 0 spiro atoms. The van der Waals surface area contributed by atoms with Crippen LogP contribution in [0.1, 0.15) is 194 Å². The van der Waals surface area contributed by atoms with Gasteiger partial charge in [0.1, 0.15) is 0 Å². The SMILES string of the molecule is CCCCCCCC/C=C\CCCCCCC(CCS)C(=O)[O-].CCCCCCCC/C=C\CCCCCCC(CCS)C(=O)[O-].[CH3][Sn+2][CH3].[CH3][Sn+2][CH3].[S-2]. The fourth-order valence-electron chi connectivity index (χ4n) is 5.64. The second kappa shape index (κ2) is 59.8. The molecule has 0 saturated carbocycles. The van der Waals surface area contributed by atoms with Gasteiger partial charge < -0.3 is 33.3 Å². The van der Waals surface area contributed by atoms with Crippen LogP contribution in [0.15, 0.2) is 24.3 Å². The Hall–Kier alpha value is 1.07. The third-order valence-corrected chi connectivity index (χ3v) is 9.27. The van der Waals surface area contributed by atoms with E-state index < -0.39 is 11.9 Å². The Morgan fingerprint density at radius 2 is 0.679 bits per heavy atom. The summed E-state index contributed by atoms with van der Waals surface area (Å²) in [6.07, 6.45) is 42.3. The maximum atomic E-state index is 10.9. The summed E-state index contributed by atoms with van der Waals surface area (Å²) in [5.41, 5.74) is 0. The van der Waals surface area contributed by atoms with E-state index in [-0.39, 0.29) is 67.6 Å². The molecule has 0 aromatic rings. The number of thiol groups is 2. The van der Waals surface area contributed by atoms with Crippen molar-refractivity contribution in [3.63, 3.8) is 0 Å². The summed E-state index contributed by atoms with van der Waals surface area (Å²) in [5.74, 6) is -1.16. The standard InChI is InChI=1S/2C20H38O2S.4CH3.S.2Sn/c2*1-2-3-4-5-6-7-8-9-10-11-12-13-14-15-16-19(17-18-23)20(21)22;;;;;;;/h2*9-10,19,23H,2-8,11-18H2,1H3,(H,21,22);4*1H3;;;/q;;;;;;-2;2*+2/p-2/b2*10-9-;;;;;;;. The molecule has 0 rings (SSSR count). The smallest absolute Gasteiger partial charge is 2.00 e. The van der Waals surface area contributed by atoms with Gasteiger partial charge in [-0.2, -0.15) is 25.3 Å². The molecule has 53 heavy (non-hydrogen) atoms. The quantitative estimate of drug-likeness (QED) is 0.0291. The predicted octanol–water partition coefficient (Wildman–Crippen LogP) is 12.2. The number of rotatable bonds is 34. The van der Waals surface area contributed by atoms with Crippen molar-refractivity contribution in [1.82, 2.24) is 0 Å². The van der Waals surface area contributed by atoms with Gasteiger partial charge in [0, 0.05) is 11.9 Å². The van der Waals surface area contributed by atoms with Gasteiger partial charge in [-0.05, 0) is 100 Å². The van der Waals surface area contributed by atoms with Crippen molar-refractivity contribution >= 4 is 93.0 Å². The molecular weight excluding hydrogens is 926 g/mol. The summed E-state index contributed by atoms with van der Waals surface area (Å²) >= 11 is 8.67. The molecule has 0 heterocycles. The van der Waals surface area contributed by atoms with Crippen molar-refractivity contribution in [2.75, 3.05) is 11.5 Å². The number of hydrogen-bond acceptors (Lipinski definition) is 6. The minimum atomic E-state index is -0.906. The van der Waals surface area contributed by atoms with Crippen LogP contribution in [0.5, 0.6) is 0 Å². The van der Waals surface area contributed by atoms with Gasteiger partial charge in [-0.1, -0.05) is 141 Å². The number of aliphatic carboxylic acids is 2. The average Bonchev–Trinajstić information content (AvgIpc) is 3.11. The molecule has 0 aromatic heterocycles. The van der Waals surface area contributed by atoms with Crippen LogP contribution in [-0.2, 0) is 23.1 Å². The molecule has 0 fully saturated rings. The minimum absolute atomic E-state index is 0. The molecule has 0 aliphatic heterocycles. The van der Waals surface area contributed by atoms with Gasteiger partial charge in [0.15, 0.2) is 0 Å². The summed E-state index contributed by atoms with van der Waals surface area (Å²) in [5, 5.41) is 21.8. The second-order valence-electron chi connectivity index (χ2n) is 14.1. The number of allylic oxidation sites excluding steroid dienone is 4. The van der Waals surface area contributed by atoms with E-state index in [1.54, 1.807) is 0 Å². The van der Waals surface area contributed by atoms with Gasteiger partial charge in [0.25, 0.3) is 0 Å². The van der Waals surface area contributed by atoms with E-state index in [9.17, 15) is 19.8 Å². The molecular formula is C44H86O4S3Sn2. The van der Waals surface area contributed by atoms with Crippen LogP contribution in [0.2, 0.25) is 19.8 Å². The van der Waals surface area contributed by atoms with E-state index in [0.717, 1.165) is 51.4 Å². The van der Waals surface area contributed by atoms with Crippen molar-refractivity contribution in [2.45, 2.75) is 213 Å². The molecule has 0 aromatic carbocycles.